The lowest BCUT2D eigenvalue weighted by Gasteiger charge is -2.41. The predicted octanol–water partition coefficient (Wildman–Crippen LogP) is 4.36. The number of fused-ring (bicyclic) bond motifs is 1. The average Bonchev–Trinajstić information content (AvgIpc) is 3.09. The van der Waals surface area contributed by atoms with Crippen molar-refractivity contribution in [2.75, 3.05) is 44.6 Å². The number of carbonyl (C=O) groups is 4. The molecule has 11 heteroatoms. The number of likely N-dealkylation sites (tertiary alicyclic amines) is 3. The lowest BCUT2D eigenvalue weighted by Crippen LogP contribution is -2.56. The fraction of sp³-hybridized carbons (Fsp3) is 0.543. The number of carbonyl (C=O) groups excluding carboxylic acids is 4. The third kappa shape index (κ3) is 7.63. The van der Waals surface area contributed by atoms with Gasteiger partial charge in [0.25, 0.3) is 0 Å². The van der Waals surface area contributed by atoms with Gasteiger partial charge in [0.15, 0.2) is 0 Å². The van der Waals surface area contributed by atoms with E-state index in [1.165, 1.54) is 19.3 Å². The van der Waals surface area contributed by atoms with Crippen molar-refractivity contribution in [3.8, 4) is 5.75 Å². The molecule has 4 aliphatic rings. The smallest absolute Gasteiger partial charge is 0.410 e. The van der Waals surface area contributed by atoms with Gasteiger partial charge in [0, 0.05) is 50.5 Å². The molecule has 4 heterocycles. The Labute approximate surface area is 271 Å². The lowest BCUT2D eigenvalue weighted by atomic mass is 9.98. The molecule has 0 aliphatic carbocycles. The van der Waals surface area contributed by atoms with Gasteiger partial charge >= 0.3 is 12.1 Å². The summed E-state index contributed by atoms with van der Waals surface area (Å²) >= 11 is 0. The summed E-state index contributed by atoms with van der Waals surface area (Å²) in [6.45, 7) is 6.89. The van der Waals surface area contributed by atoms with Gasteiger partial charge < -0.3 is 35.0 Å². The number of aryl methyl sites for hydroxylation is 1. The molecule has 6 rings (SSSR count). The first-order valence-corrected chi connectivity index (χ1v) is 16.8. The van der Waals surface area contributed by atoms with Gasteiger partial charge in [0.2, 0.25) is 11.8 Å². The Balaban J connectivity index is 1.06. The molecule has 5 amide bonds. The maximum absolute atomic E-state index is 13.8. The van der Waals surface area contributed by atoms with Gasteiger partial charge in [0.05, 0.1) is 6.42 Å². The van der Waals surface area contributed by atoms with Crippen LogP contribution in [0.2, 0.25) is 0 Å². The molecular formula is C35H46N6O5. The van der Waals surface area contributed by atoms with Crippen LogP contribution >= 0.6 is 0 Å². The van der Waals surface area contributed by atoms with E-state index in [0.29, 0.717) is 57.4 Å². The van der Waals surface area contributed by atoms with E-state index < -0.39 is 12.1 Å². The van der Waals surface area contributed by atoms with E-state index in [4.69, 9.17) is 4.74 Å². The second-order valence-electron chi connectivity index (χ2n) is 13.1. The van der Waals surface area contributed by atoms with Gasteiger partial charge in [0.1, 0.15) is 11.8 Å². The number of rotatable bonds is 7. The molecule has 1 atom stereocenters. The summed E-state index contributed by atoms with van der Waals surface area (Å²) in [6, 6.07) is 14.2. The van der Waals surface area contributed by atoms with Crippen molar-refractivity contribution >= 4 is 29.6 Å². The molecule has 2 aromatic rings. The Bertz CT molecular complexity index is 1390. The molecule has 0 bridgehead atoms. The number of ether oxygens (including phenoxy) is 1. The highest BCUT2D eigenvalue weighted by atomic mass is 16.6. The minimum Gasteiger partial charge on any atom is -0.410 e. The monoisotopic (exact) mass is 630 g/mol. The third-order valence-corrected chi connectivity index (χ3v) is 10.0. The normalized spacial score (nSPS) is 20.5. The number of nitrogens with zero attached hydrogens (tertiary/aromatic N) is 4. The number of hydrogen-bond acceptors (Lipinski definition) is 6. The summed E-state index contributed by atoms with van der Waals surface area (Å²) in [5.74, 6) is -0.0664. The van der Waals surface area contributed by atoms with Crippen molar-refractivity contribution in [2.24, 2.45) is 0 Å². The van der Waals surface area contributed by atoms with Gasteiger partial charge in [-0.2, -0.15) is 0 Å². The van der Waals surface area contributed by atoms with Crippen molar-refractivity contribution in [2.45, 2.75) is 83.0 Å². The van der Waals surface area contributed by atoms with Crippen molar-refractivity contribution in [3.05, 3.63) is 59.7 Å². The van der Waals surface area contributed by atoms with Crippen LogP contribution in [0.15, 0.2) is 48.5 Å². The first-order chi connectivity index (χ1) is 22.3. The van der Waals surface area contributed by atoms with E-state index in [1.54, 1.807) is 21.9 Å². The SMILES string of the molecule is Cc1ccc(OC(=O)N[C@@H](CC(=O)N2CCC(N3Cc4ccccc4NC3=O)CC2)C(=O)N2CCC(N3CCCCC3)CC2)cc1. The highest BCUT2D eigenvalue weighted by Gasteiger charge is 2.36. The Hall–Kier alpha value is -4.12. The Morgan fingerprint density at radius 2 is 1.50 bits per heavy atom. The van der Waals surface area contributed by atoms with E-state index >= 15 is 0 Å². The van der Waals surface area contributed by atoms with Crippen molar-refractivity contribution in [1.82, 2.24) is 24.9 Å². The summed E-state index contributed by atoms with van der Waals surface area (Å²) in [6.07, 6.45) is 5.92. The molecule has 3 saturated heterocycles. The zero-order valence-electron chi connectivity index (χ0n) is 26.8. The number of hydrogen-bond donors (Lipinski definition) is 2. The second kappa shape index (κ2) is 14.5. The lowest BCUT2D eigenvalue weighted by molar-refractivity contribution is -0.140. The van der Waals surface area contributed by atoms with Crippen LogP contribution in [0.1, 0.15) is 62.5 Å². The van der Waals surface area contributed by atoms with E-state index in [2.05, 4.69) is 15.5 Å². The summed E-state index contributed by atoms with van der Waals surface area (Å²) in [5, 5.41) is 5.71. The van der Waals surface area contributed by atoms with Gasteiger partial charge in [-0.15, -0.1) is 0 Å². The molecular weight excluding hydrogens is 584 g/mol. The largest absolute Gasteiger partial charge is 0.413 e. The number of urea groups is 1. The maximum atomic E-state index is 13.8. The summed E-state index contributed by atoms with van der Waals surface area (Å²) in [4.78, 5) is 61.2. The van der Waals surface area contributed by atoms with Crippen molar-refractivity contribution in [1.29, 1.82) is 0 Å². The quantitative estimate of drug-likeness (QED) is 0.470. The van der Waals surface area contributed by atoms with Crippen molar-refractivity contribution < 1.29 is 23.9 Å². The molecule has 2 N–H and O–H groups in total. The van der Waals surface area contributed by atoms with Crippen LogP contribution in [0.4, 0.5) is 15.3 Å². The molecule has 0 aromatic heterocycles. The Kier molecular flexibility index (Phi) is 10.1. The molecule has 4 aliphatic heterocycles. The minimum absolute atomic E-state index is 0.0126. The number of piperidine rings is 3. The molecule has 46 heavy (non-hydrogen) atoms. The first kappa shape index (κ1) is 31.8. The fourth-order valence-corrected chi connectivity index (χ4v) is 7.29. The third-order valence-electron chi connectivity index (χ3n) is 10.0. The number of amides is 5. The van der Waals surface area contributed by atoms with Crippen LogP contribution in [0.5, 0.6) is 5.75 Å². The highest BCUT2D eigenvalue weighted by Crippen LogP contribution is 2.28. The van der Waals surface area contributed by atoms with E-state index in [-0.39, 0.29) is 30.3 Å². The van der Waals surface area contributed by atoms with Crippen LogP contribution in [-0.2, 0) is 16.1 Å². The molecule has 11 nitrogen and oxygen atoms in total. The number of para-hydroxylation sites is 1. The topological polar surface area (TPSA) is 115 Å². The molecule has 2 aromatic carbocycles. The predicted molar refractivity (Wildman–Crippen MR) is 174 cm³/mol. The number of anilines is 1. The summed E-state index contributed by atoms with van der Waals surface area (Å²) in [7, 11) is 0. The van der Waals surface area contributed by atoms with Gasteiger partial charge in [-0.25, -0.2) is 9.59 Å². The second-order valence-corrected chi connectivity index (χ2v) is 13.1. The molecule has 0 radical (unpaired) electrons. The Morgan fingerprint density at radius 1 is 0.848 bits per heavy atom. The van der Waals surface area contributed by atoms with Crippen molar-refractivity contribution in [3.63, 3.8) is 0 Å². The number of benzene rings is 2. The maximum Gasteiger partial charge on any atom is 0.413 e. The van der Waals surface area contributed by atoms with Gasteiger partial charge in [-0.3, -0.25) is 9.59 Å². The van der Waals surface area contributed by atoms with Crippen LogP contribution in [0.25, 0.3) is 0 Å². The van der Waals surface area contributed by atoms with Crippen LogP contribution in [0.3, 0.4) is 0 Å². The average molecular weight is 631 g/mol. The van der Waals surface area contributed by atoms with Gasteiger partial charge in [-0.05, 0) is 82.3 Å². The summed E-state index contributed by atoms with van der Waals surface area (Å²) < 4.78 is 5.48. The molecule has 0 spiro atoms. The zero-order chi connectivity index (χ0) is 32.0. The standard InChI is InChI=1S/C35H46N6O5/c1-25-9-11-29(12-10-25)46-35(45)37-31(33(43)40-21-13-27(14-22-40)38-17-5-2-6-18-38)23-32(42)39-19-15-28(16-20-39)41-24-26-7-3-4-8-30(26)36-34(41)44/h3-4,7-12,27-28,31H,2,5-6,13-24H2,1H3,(H,36,44)(H,37,45)/t31-/m0/s1. The molecule has 3 fully saturated rings. The van der Waals surface area contributed by atoms with Crippen LogP contribution in [0, 0.1) is 6.92 Å². The molecule has 246 valence electrons. The Morgan fingerprint density at radius 3 is 2.22 bits per heavy atom. The highest BCUT2D eigenvalue weighted by molar-refractivity contribution is 5.93. The van der Waals surface area contributed by atoms with Gasteiger partial charge in [-0.1, -0.05) is 42.3 Å². The minimum atomic E-state index is -1.03. The molecule has 0 saturated carbocycles. The van der Waals surface area contributed by atoms with Crippen LogP contribution in [-0.4, -0.2) is 101 Å². The fourth-order valence-electron chi connectivity index (χ4n) is 7.29. The van der Waals surface area contributed by atoms with Crippen LogP contribution < -0.4 is 15.4 Å². The zero-order valence-corrected chi connectivity index (χ0v) is 26.8. The van der Waals surface area contributed by atoms with E-state index in [0.717, 1.165) is 42.7 Å². The van der Waals surface area contributed by atoms with E-state index in [1.807, 2.05) is 48.2 Å². The van der Waals surface area contributed by atoms with E-state index in [9.17, 15) is 19.2 Å². The summed E-state index contributed by atoms with van der Waals surface area (Å²) in [5.41, 5.74) is 2.95. The molecule has 0 unspecified atom stereocenters. The first-order valence-electron chi connectivity index (χ1n) is 16.8. The number of nitrogens with one attached hydrogen (secondary N) is 2.